The number of carbonyl (C=O) groups is 1. The van der Waals surface area contributed by atoms with Gasteiger partial charge in [0, 0.05) is 12.1 Å². The summed E-state index contributed by atoms with van der Waals surface area (Å²) in [5.74, 6) is 0.133. The number of nitrogens with zero attached hydrogens (tertiary/aromatic N) is 3. The monoisotopic (exact) mass is 414 g/mol. The number of nitro groups is 1. The SMILES string of the molecule is O=C(NN=Cc1ccc(Sc2nc3ccc([N+](=O)[O-])cc3s2)o1)c1ccco1. The van der Waals surface area contributed by atoms with Crippen molar-refractivity contribution in [3.63, 3.8) is 0 Å². The van der Waals surface area contributed by atoms with E-state index in [-0.39, 0.29) is 11.4 Å². The normalized spacial score (nSPS) is 11.3. The van der Waals surface area contributed by atoms with Gasteiger partial charge >= 0.3 is 5.91 Å². The Morgan fingerprint density at radius 2 is 2.21 bits per heavy atom. The summed E-state index contributed by atoms with van der Waals surface area (Å²) >= 11 is 2.63. The number of hydrazone groups is 1. The zero-order valence-corrected chi connectivity index (χ0v) is 15.5. The van der Waals surface area contributed by atoms with Crippen molar-refractivity contribution in [2.75, 3.05) is 0 Å². The molecule has 0 aliphatic rings. The van der Waals surface area contributed by atoms with E-state index in [1.165, 1.54) is 53.8 Å². The molecule has 4 rings (SSSR count). The maximum atomic E-state index is 11.7. The lowest BCUT2D eigenvalue weighted by Gasteiger charge is -1.94. The second-order valence-electron chi connectivity index (χ2n) is 5.32. The molecule has 0 atom stereocenters. The molecule has 0 saturated heterocycles. The number of hydrogen-bond acceptors (Lipinski definition) is 9. The predicted molar refractivity (Wildman–Crippen MR) is 103 cm³/mol. The third-order valence-electron chi connectivity index (χ3n) is 3.46. The van der Waals surface area contributed by atoms with Crippen LogP contribution in [0.3, 0.4) is 0 Å². The topological polar surface area (TPSA) is 124 Å². The van der Waals surface area contributed by atoms with Crippen molar-refractivity contribution in [1.29, 1.82) is 0 Å². The maximum Gasteiger partial charge on any atom is 0.307 e. The Balaban J connectivity index is 1.41. The molecule has 0 saturated carbocycles. The third kappa shape index (κ3) is 3.94. The fourth-order valence-corrected chi connectivity index (χ4v) is 4.21. The molecule has 1 N–H and O–H groups in total. The van der Waals surface area contributed by atoms with Gasteiger partial charge in [-0.3, -0.25) is 14.9 Å². The van der Waals surface area contributed by atoms with Crippen molar-refractivity contribution in [3.8, 4) is 0 Å². The van der Waals surface area contributed by atoms with E-state index in [0.29, 0.717) is 20.7 Å². The van der Waals surface area contributed by atoms with Crippen LogP contribution in [0.4, 0.5) is 5.69 Å². The first-order chi connectivity index (χ1) is 13.6. The van der Waals surface area contributed by atoms with Crippen LogP contribution < -0.4 is 5.43 Å². The number of nitrogens with one attached hydrogen (secondary N) is 1. The predicted octanol–water partition coefficient (Wildman–Crippen LogP) is 4.31. The summed E-state index contributed by atoms with van der Waals surface area (Å²) in [7, 11) is 0. The first-order valence-corrected chi connectivity index (χ1v) is 9.41. The number of non-ortho nitro benzene ring substituents is 1. The lowest BCUT2D eigenvalue weighted by Crippen LogP contribution is -2.16. The second-order valence-corrected chi connectivity index (χ2v) is 7.61. The highest BCUT2D eigenvalue weighted by atomic mass is 32.2. The van der Waals surface area contributed by atoms with Gasteiger partial charge in [-0.05, 0) is 42.1 Å². The third-order valence-corrected chi connectivity index (χ3v) is 5.46. The Morgan fingerprint density at radius 3 is 3.00 bits per heavy atom. The average Bonchev–Trinajstić information content (AvgIpc) is 3.41. The Morgan fingerprint density at radius 1 is 1.32 bits per heavy atom. The molecule has 3 heterocycles. The Hall–Kier alpha value is -3.44. The van der Waals surface area contributed by atoms with Gasteiger partial charge < -0.3 is 8.83 Å². The van der Waals surface area contributed by atoms with Crippen LogP contribution in [-0.2, 0) is 0 Å². The smallest absolute Gasteiger partial charge is 0.307 e. The maximum absolute atomic E-state index is 11.7. The molecule has 28 heavy (non-hydrogen) atoms. The fourth-order valence-electron chi connectivity index (χ4n) is 2.21. The highest BCUT2D eigenvalue weighted by molar-refractivity contribution is 8.01. The lowest BCUT2D eigenvalue weighted by atomic mass is 10.3. The summed E-state index contributed by atoms with van der Waals surface area (Å²) in [6.07, 6.45) is 2.77. The van der Waals surface area contributed by atoms with Crippen LogP contribution in [0.1, 0.15) is 16.3 Å². The second kappa shape index (κ2) is 7.66. The van der Waals surface area contributed by atoms with E-state index in [2.05, 4.69) is 15.5 Å². The van der Waals surface area contributed by atoms with Crippen LogP contribution in [0.5, 0.6) is 0 Å². The Bertz CT molecular complexity index is 1180. The number of nitro benzene ring substituents is 1. The van der Waals surface area contributed by atoms with Gasteiger partial charge in [-0.15, -0.1) is 11.3 Å². The number of hydrogen-bond donors (Lipinski definition) is 1. The number of amides is 1. The van der Waals surface area contributed by atoms with Gasteiger partial charge in [0.05, 0.1) is 27.6 Å². The van der Waals surface area contributed by atoms with Crippen LogP contribution in [0.15, 0.2) is 72.1 Å². The Kier molecular flexibility index (Phi) is 4.91. The van der Waals surface area contributed by atoms with Gasteiger partial charge in [-0.1, -0.05) is 0 Å². The minimum Gasteiger partial charge on any atom is -0.459 e. The number of furan rings is 2. The van der Waals surface area contributed by atoms with E-state index in [1.807, 2.05) is 0 Å². The number of aromatic nitrogens is 1. The zero-order valence-electron chi connectivity index (χ0n) is 13.9. The molecule has 0 bridgehead atoms. The molecule has 1 aromatic carbocycles. The molecule has 11 heteroatoms. The van der Waals surface area contributed by atoms with Crippen molar-refractivity contribution < 1.29 is 18.6 Å². The molecule has 4 aromatic rings. The first kappa shape index (κ1) is 17.9. The first-order valence-electron chi connectivity index (χ1n) is 7.78. The van der Waals surface area contributed by atoms with Crippen molar-refractivity contribution in [3.05, 3.63) is 70.4 Å². The summed E-state index contributed by atoms with van der Waals surface area (Å²) in [5.41, 5.74) is 3.04. The van der Waals surface area contributed by atoms with Crippen molar-refractivity contribution in [2.45, 2.75) is 9.43 Å². The van der Waals surface area contributed by atoms with Crippen molar-refractivity contribution in [2.24, 2.45) is 5.10 Å². The zero-order chi connectivity index (χ0) is 19.5. The highest BCUT2D eigenvalue weighted by Crippen LogP contribution is 2.36. The van der Waals surface area contributed by atoms with Gasteiger partial charge in [0.25, 0.3) is 5.69 Å². The standard InChI is InChI=1S/C17H10N4O5S2/c22-16(13-2-1-7-25-13)20-18-9-11-4-6-15(26-11)28-17-19-12-5-3-10(21(23)24)8-14(12)27-17/h1-9H,(H,20,22). The van der Waals surface area contributed by atoms with Gasteiger partial charge in [0.2, 0.25) is 0 Å². The minimum absolute atomic E-state index is 0.0285. The van der Waals surface area contributed by atoms with E-state index >= 15 is 0 Å². The number of carbonyl (C=O) groups excluding carboxylic acids is 1. The van der Waals surface area contributed by atoms with Crippen LogP contribution in [0, 0.1) is 10.1 Å². The summed E-state index contributed by atoms with van der Waals surface area (Å²) in [5, 5.41) is 15.3. The molecule has 0 aliphatic heterocycles. The molecule has 140 valence electrons. The van der Waals surface area contributed by atoms with E-state index in [0.717, 1.165) is 4.70 Å². The van der Waals surface area contributed by atoms with Crippen LogP contribution >= 0.6 is 23.1 Å². The summed E-state index contributed by atoms with van der Waals surface area (Å²) in [6.45, 7) is 0. The molecule has 9 nitrogen and oxygen atoms in total. The van der Waals surface area contributed by atoms with E-state index in [1.54, 1.807) is 24.3 Å². The van der Waals surface area contributed by atoms with Gasteiger partial charge in [-0.25, -0.2) is 10.4 Å². The summed E-state index contributed by atoms with van der Waals surface area (Å²) < 4.78 is 12.0. The summed E-state index contributed by atoms with van der Waals surface area (Å²) in [4.78, 5) is 26.6. The Labute approximate surface area is 165 Å². The van der Waals surface area contributed by atoms with E-state index in [9.17, 15) is 14.9 Å². The van der Waals surface area contributed by atoms with Crippen LogP contribution in [-0.4, -0.2) is 22.0 Å². The van der Waals surface area contributed by atoms with Crippen molar-refractivity contribution in [1.82, 2.24) is 10.4 Å². The molecule has 0 unspecified atom stereocenters. The average molecular weight is 414 g/mol. The molecule has 1 amide bonds. The van der Waals surface area contributed by atoms with Crippen LogP contribution in [0.2, 0.25) is 0 Å². The number of rotatable bonds is 6. The minimum atomic E-state index is -0.467. The van der Waals surface area contributed by atoms with Gasteiger partial charge in [0.1, 0.15) is 5.76 Å². The molecule has 3 aromatic heterocycles. The molecule has 0 radical (unpaired) electrons. The number of benzene rings is 1. The van der Waals surface area contributed by atoms with E-state index in [4.69, 9.17) is 8.83 Å². The number of thiazole rings is 1. The number of fused-ring (bicyclic) bond motifs is 1. The van der Waals surface area contributed by atoms with Gasteiger partial charge in [0.15, 0.2) is 15.2 Å². The fraction of sp³-hybridized carbons (Fsp3) is 0. The quantitative estimate of drug-likeness (QED) is 0.283. The van der Waals surface area contributed by atoms with Crippen molar-refractivity contribution >= 4 is 51.1 Å². The molecule has 0 spiro atoms. The molecule has 0 aliphatic carbocycles. The van der Waals surface area contributed by atoms with Crippen LogP contribution in [0.25, 0.3) is 10.2 Å². The highest BCUT2D eigenvalue weighted by Gasteiger charge is 2.12. The summed E-state index contributed by atoms with van der Waals surface area (Å²) in [6, 6.07) is 11.1. The largest absolute Gasteiger partial charge is 0.459 e. The molecule has 0 fully saturated rings. The molecular formula is C17H10N4O5S2. The lowest BCUT2D eigenvalue weighted by molar-refractivity contribution is -0.384. The molecular weight excluding hydrogens is 404 g/mol. The van der Waals surface area contributed by atoms with E-state index < -0.39 is 10.8 Å². The van der Waals surface area contributed by atoms with Gasteiger partial charge in [-0.2, -0.15) is 5.10 Å².